The molecule has 0 unspecified atom stereocenters. The summed E-state index contributed by atoms with van der Waals surface area (Å²) in [5.74, 6) is 0.707. The fraction of sp³-hybridized carbons (Fsp3) is 0.650. The van der Waals surface area contributed by atoms with E-state index < -0.39 is 6.10 Å². The molecule has 1 aliphatic rings. The van der Waals surface area contributed by atoms with Gasteiger partial charge in [-0.25, -0.2) is 4.79 Å². The lowest BCUT2D eigenvalue weighted by Gasteiger charge is -2.34. The summed E-state index contributed by atoms with van der Waals surface area (Å²) in [6.45, 7) is 7.80. The van der Waals surface area contributed by atoms with Gasteiger partial charge in [0, 0.05) is 25.6 Å². The third-order valence-electron chi connectivity index (χ3n) is 5.03. The number of likely N-dealkylation sites (tertiary alicyclic amines) is 1. The summed E-state index contributed by atoms with van der Waals surface area (Å²) < 4.78 is 0. The van der Waals surface area contributed by atoms with Gasteiger partial charge in [-0.05, 0) is 57.7 Å². The molecule has 1 aliphatic heterocycles. The molecule has 0 bridgehead atoms. The molecule has 1 fully saturated rings. The molecule has 5 nitrogen and oxygen atoms in total. The highest BCUT2D eigenvalue weighted by molar-refractivity contribution is 5.73. The van der Waals surface area contributed by atoms with Crippen LogP contribution in [0.15, 0.2) is 30.3 Å². The predicted octanol–water partition coefficient (Wildman–Crippen LogP) is 2.40. The van der Waals surface area contributed by atoms with Crippen molar-refractivity contribution in [2.75, 3.05) is 26.2 Å². The molecule has 1 atom stereocenters. The van der Waals surface area contributed by atoms with Crippen molar-refractivity contribution in [3.05, 3.63) is 35.9 Å². The van der Waals surface area contributed by atoms with Gasteiger partial charge in [-0.1, -0.05) is 30.3 Å². The van der Waals surface area contributed by atoms with Crippen LogP contribution in [-0.4, -0.2) is 54.4 Å². The fourth-order valence-electron chi connectivity index (χ4n) is 3.38. The molecule has 5 heteroatoms. The molecule has 140 valence electrons. The minimum atomic E-state index is -0.562. The highest BCUT2D eigenvalue weighted by atomic mass is 16.3. The van der Waals surface area contributed by atoms with Crippen molar-refractivity contribution in [3.8, 4) is 0 Å². The van der Waals surface area contributed by atoms with E-state index in [-0.39, 0.29) is 12.6 Å². The summed E-state index contributed by atoms with van der Waals surface area (Å²) in [4.78, 5) is 14.4. The van der Waals surface area contributed by atoms with Crippen LogP contribution in [-0.2, 0) is 6.42 Å². The molecule has 0 radical (unpaired) electrons. The number of carbonyl (C=O) groups excluding carboxylic acids is 1. The van der Waals surface area contributed by atoms with Crippen molar-refractivity contribution in [1.82, 2.24) is 15.5 Å². The number of carbonyl (C=O) groups is 1. The fourth-order valence-corrected chi connectivity index (χ4v) is 3.38. The van der Waals surface area contributed by atoms with Gasteiger partial charge in [-0.3, -0.25) is 0 Å². The average Bonchev–Trinajstić information content (AvgIpc) is 2.61. The number of hydrogen-bond donors (Lipinski definition) is 3. The molecule has 1 saturated heterocycles. The zero-order valence-corrected chi connectivity index (χ0v) is 15.6. The number of aliphatic hydroxyl groups is 1. The zero-order chi connectivity index (χ0) is 18.1. The number of aliphatic hydroxyl groups excluding tert-OH is 1. The lowest BCUT2D eigenvalue weighted by Crippen LogP contribution is -2.42. The van der Waals surface area contributed by atoms with Crippen molar-refractivity contribution in [1.29, 1.82) is 0 Å². The van der Waals surface area contributed by atoms with Gasteiger partial charge in [0.2, 0.25) is 0 Å². The Morgan fingerprint density at radius 3 is 2.52 bits per heavy atom. The van der Waals surface area contributed by atoms with Crippen LogP contribution in [0, 0.1) is 5.92 Å². The molecule has 2 amide bonds. The number of rotatable bonds is 8. The van der Waals surface area contributed by atoms with Crippen LogP contribution in [0.3, 0.4) is 0 Å². The molecule has 0 aromatic heterocycles. The Balaban J connectivity index is 1.54. The lowest BCUT2D eigenvalue weighted by atomic mass is 9.93. The van der Waals surface area contributed by atoms with Gasteiger partial charge >= 0.3 is 6.03 Å². The first kappa shape index (κ1) is 19.7. The van der Waals surface area contributed by atoms with Crippen molar-refractivity contribution in [2.45, 2.75) is 51.7 Å². The zero-order valence-electron chi connectivity index (χ0n) is 15.6. The van der Waals surface area contributed by atoms with Crippen LogP contribution in [0.1, 0.15) is 38.7 Å². The smallest absolute Gasteiger partial charge is 0.314 e. The molecule has 0 aliphatic carbocycles. The highest BCUT2D eigenvalue weighted by Crippen LogP contribution is 2.21. The van der Waals surface area contributed by atoms with E-state index in [1.165, 1.54) is 25.9 Å². The topological polar surface area (TPSA) is 64.6 Å². The molecule has 1 heterocycles. The average molecular weight is 348 g/mol. The second-order valence-corrected chi connectivity index (χ2v) is 7.34. The second kappa shape index (κ2) is 10.4. The van der Waals surface area contributed by atoms with E-state index in [1.807, 2.05) is 30.3 Å². The second-order valence-electron chi connectivity index (χ2n) is 7.34. The number of nitrogens with zero attached hydrogens (tertiary/aromatic N) is 1. The van der Waals surface area contributed by atoms with Gasteiger partial charge in [0.25, 0.3) is 0 Å². The standard InChI is InChI=1S/C20H33N3O2/c1-16(2)23-12-9-17(10-13-23)8-11-21-20(25)22-15-19(24)14-18-6-4-3-5-7-18/h3-7,16-17,19,24H,8-15H2,1-2H3,(H2,21,22,25)/t19-/m1/s1. The molecule has 0 saturated carbocycles. The van der Waals surface area contributed by atoms with Gasteiger partial charge in [0.15, 0.2) is 0 Å². The summed E-state index contributed by atoms with van der Waals surface area (Å²) >= 11 is 0. The highest BCUT2D eigenvalue weighted by Gasteiger charge is 2.20. The Morgan fingerprint density at radius 1 is 1.20 bits per heavy atom. The van der Waals surface area contributed by atoms with Crippen LogP contribution in [0.5, 0.6) is 0 Å². The van der Waals surface area contributed by atoms with Crippen LogP contribution in [0.25, 0.3) is 0 Å². The molecular formula is C20H33N3O2. The molecule has 1 aromatic carbocycles. The molecular weight excluding hydrogens is 314 g/mol. The van der Waals surface area contributed by atoms with E-state index >= 15 is 0 Å². The number of amides is 2. The van der Waals surface area contributed by atoms with Crippen molar-refractivity contribution >= 4 is 6.03 Å². The molecule has 3 N–H and O–H groups in total. The van der Waals surface area contributed by atoms with Crippen LogP contribution in [0.2, 0.25) is 0 Å². The van der Waals surface area contributed by atoms with E-state index in [1.54, 1.807) is 0 Å². The Morgan fingerprint density at radius 2 is 1.88 bits per heavy atom. The van der Waals surface area contributed by atoms with Crippen molar-refractivity contribution < 1.29 is 9.90 Å². The maximum atomic E-state index is 11.8. The van der Waals surface area contributed by atoms with Gasteiger partial charge in [-0.15, -0.1) is 0 Å². The normalized spacial score (nSPS) is 17.4. The predicted molar refractivity (Wildman–Crippen MR) is 102 cm³/mol. The van der Waals surface area contributed by atoms with Crippen LogP contribution >= 0.6 is 0 Å². The Kier molecular flexibility index (Phi) is 8.22. The molecule has 25 heavy (non-hydrogen) atoms. The largest absolute Gasteiger partial charge is 0.391 e. The minimum absolute atomic E-state index is 0.188. The van der Waals surface area contributed by atoms with E-state index in [0.717, 1.165) is 12.0 Å². The summed E-state index contributed by atoms with van der Waals surface area (Å²) in [6.07, 6.45) is 3.46. The number of benzene rings is 1. The summed E-state index contributed by atoms with van der Waals surface area (Å²) in [6, 6.07) is 10.3. The first-order valence-corrected chi connectivity index (χ1v) is 9.52. The summed E-state index contributed by atoms with van der Waals surface area (Å²) in [5.41, 5.74) is 1.07. The van der Waals surface area contributed by atoms with Crippen LogP contribution in [0.4, 0.5) is 4.79 Å². The first-order chi connectivity index (χ1) is 12.0. The third-order valence-corrected chi connectivity index (χ3v) is 5.03. The maximum Gasteiger partial charge on any atom is 0.314 e. The van der Waals surface area contributed by atoms with E-state index in [4.69, 9.17) is 0 Å². The lowest BCUT2D eigenvalue weighted by molar-refractivity contribution is 0.145. The number of nitrogens with one attached hydrogen (secondary N) is 2. The van der Waals surface area contributed by atoms with E-state index in [9.17, 15) is 9.90 Å². The SMILES string of the molecule is CC(C)N1CCC(CCNC(=O)NC[C@H](O)Cc2ccccc2)CC1. The van der Waals surface area contributed by atoms with Crippen molar-refractivity contribution in [2.24, 2.45) is 5.92 Å². The van der Waals surface area contributed by atoms with E-state index in [0.29, 0.717) is 24.9 Å². The maximum absolute atomic E-state index is 11.8. The molecule has 1 aromatic rings. The number of piperidine rings is 1. The van der Waals surface area contributed by atoms with Gasteiger partial charge in [0.05, 0.1) is 6.10 Å². The summed E-state index contributed by atoms with van der Waals surface area (Å²) in [5, 5.41) is 15.7. The molecule has 0 spiro atoms. The Hall–Kier alpha value is -1.59. The number of urea groups is 1. The van der Waals surface area contributed by atoms with Gasteiger partial charge in [-0.2, -0.15) is 0 Å². The van der Waals surface area contributed by atoms with Crippen LogP contribution < -0.4 is 10.6 Å². The first-order valence-electron chi connectivity index (χ1n) is 9.52. The van der Waals surface area contributed by atoms with E-state index in [2.05, 4.69) is 29.4 Å². The quantitative estimate of drug-likeness (QED) is 0.677. The Bertz CT molecular complexity index is 499. The number of hydrogen-bond acceptors (Lipinski definition) is 3. The molecule has 2 rings (SSSR count). The van der Waals surface area contributed by atoms with Gasteiger partial charge in [0.1, 0.15) is 0 Å². The monoisotopic (exact) mass is 347 g/mol. The third kappa shape index (κ3) is 7.45. The van der Waals surface area contributed by atoms with Gasteiger partial charge < -0.3 is 20.6 Å². The Labute approximate surface area is 151 Å². The van der Waals surface area contributed by atoms with Crippen molar-refractivity contribution in [3.63, 3.8) is 0 Å². The minimum Gasteiger partial charge on any atom is -0.391 e. The summed E-state index contributed by atoms with van der Waals surface area (Å²) in [7, 11) is 0.